The number of aromatic nitrogens is 3. The van der Waals surface area contributed by atoms with Crippen LogP contribution in [0.15, 0.2) is 18.2 Å². The summed E-state index contributed by atoms with van der Waals surface area (Å²) in [6, 6.07) is 5.84. The van der Waals surface area contributed by atoms with Crippen LogP contribution in [0.25, 0.3) is 11.4 Å². The van der Waals surface area contributed by atoms with Gasteiger partial charge in [-0.25, -0.2) is 4.98 Å². The number of benzene rings is 1. The molecule has 0 unspecified atom stereocenters. The lowest BCUT2D eigenvalue weighted by Gasteiger charge is -1.99. The summed E-state index contributed by atoms with van der Waals surface area (Å²) in [5.41, 5.74) is 2.01. The van der Waals surface area contributed by atoms with Gasteiger partial charge in [-0.15, -0.1) is 0 Å². The van der Waals surface area contributed by atoms with Crippen LogP contribution in [-0.2, 0) is 6.42 Å². The number of aromatic amines is 1. The van der Waals surface area contributed by atoms with Gasteiger partial charge in [-0.3, -0.25) is 5.10 Å². The Morgan fingerprint density at radius 1 is 1.40 bits per heavy atom. The van der Waals surface area contributed by atoms with Crippen LogP contribution < -0.4 is 0 Å². The molecule has 0 atom stereocenters. The molecule has 15 heavy (non-hydrogen) atoms. The molecule has 1 N–H and O–H groups in total. The maximum absolute atomic E-state index is 6.04. The largest absolute Gasteiger partial charge is 0.263 e. The van der Waals surface area contributed by atoms with Gasteiger partial charge in [-0.05, 0) is 18.6 Å². The molecule has 0 radical (unpaired) electrons. The first-order chi connectivity index (χ1) is 7.20. The van der Waals surface area contributed by atoms with Gasteiger partial charge in [-0.2, -0.15) is 5.10 Å². The molecule has 0 aliphatic heterocycles. The van der Waals surface area contributed by atoms with Crippen molar-refractivity contribution in [1.29, 1.82) is 0 Å². The smallest absolute Gasteiger partial charge is 0.181 e. The van der Waals surface area contributed by atoms with E-state index in [2.05, 4.69) is 15.2 Å². The lowest BCUT2D eigenvalue weighted by molar-refractivity contribution is 0.946. The van der Waals surface area contributed by atoms with Gasteiger partial charge in [0.15, 0.2) is 5.82 Å². The molecule has 3 nitrogen and oxygen atoms in total. The van der Waals surface area contributed by atoms with Crippen molar-refractivity contribution in [2.24, 2.45) is 0 Å². The first kappa shape index (κ1) is 10.2. The van der Waals surface area contributed by atoms with Crippen molar-refractivity contribution in [2.45, 2.75) is 20.3 Å². The Hall–Kier alpha value is -1.35. The molecule has 0 aliphatic rings. The second-order valence-electron chi connectivity index (χ2n) is 3.42. The predicted octanol–water partition coefficient (Wildman–Crippen LogP) is 3.00. The van der Waals surface area contributed by atoms with Crippen LogP contribution in [-0.4, -0.2) is 15.2 Å². The van der Waals surface area contributed by atoms with E-state index in [1.807, 2.05) is 32.0 Å². The van der Waals surface area contributed by atoms with E-state index < -0.39 is 0 Å². The Kier molecular flexibility index (Phi) is 2.73. The maximum atomic E-state index is 6.04. The summed E-state index contributed by atoms with van der Waals surface area (Å²) in [6.07, 6.45) is 0.854. The Bertz CT molecular complexity index is 476. The van der Waals surface area contributed by atoms with Crippen LogP contribution in [0.1, 0.15) is 18.3 Å². The number of H-pyrrole nitrogens is 1. The van der Waals surface area contributed by atoms with Gasteiger partial charge in [0.2, 0.25) is 0 Å². The summed E-state index contributed by atoms with van der Waals surface area (Å²) in [5.74, 6) is 1.59. The summed E-state index contributed by atoms with van der Waals surface area (Å²) >= 11 is 6.04. The van der Waals surface area contributed by atoms with Crippen LogP contribution in [0.4, 0.5) is 0 Å². The molecule has 0 saturated heterocycles. The lowest BCUT2D eigenvalue weighted by Crippen LogP contribution is -1.83. The first-order valence-electron chi connectivity index (χ1n) is 4.88. The van der Waals surface area contributed by atoms with Crippen molar-refractivity contribution >= 4 is 11.6 Å². The van der Waals surface area contributed by atoms with E-state index in [0.717, 1.165) is 28.4 Å². The van der Waals surface area contributed by atoms with Crippen LogP contribution >= 0.6 is 11.6 Å². The molecule has 4 heteroatoms. The fourth-order valence-corrected chi connectivity index (χ4v) is 1.50. The van der Waals surface area contributed by atoms with Crippen molar-refractivity contribution in [3.63, 3.8) is 0 Å². The quantitative estimate of drug-likeness (QED) is 0.847. The van der Waals surface area contributed by atoms with E-state index in [1.165, 1.54) is 0 Å². The highest BCUT2D eigenvalue weighted by atomic mass is 35.5. The van der Waals surface area contributed by atoms with Gasteiger partial charge >= 0.3 is 0 Å². The van der Waals surface area contributed by atoms with Crippen LogP contribution in [0.3, 0.4) is 0 Å². The number of nitrogens with one attached hydrogen (secondary N) is 1. The topological polar surface area (TPSA) is 41.6 Å². The van der Waals surface area contributed by atoms with Gasteiger partial charge in [0.25, 0.3) is 0 Å². The van der Waals surface area contributed by atoms with Gasteiger partial charge in [-0.1, -0.05) is 30.7 Å². The number of halogens is 1. The van der Waals surface area contributed by atoms with Crippen molar-refractivity contribution < 1.29 is 0 Å². The second kappa shape index (κ2) is 4.03. The van der Waals surface area contributed by atoms with Crippen molar-refractivity contribution in [3.8, 4) is 11.4 Å². The van der Waals surface area contributed by atoms with Crippen molar-refractivity contribution in [2.75, 3.05) is 0 Å². The Morgan fingerprint density at radius 2 is 2.20 bits per heavy atom. The molecule has 2 aromatic rings. The molecule has 0 aliphatic carbocycles. The Morgan fingerprint density at radius 3 is 2.80 bits per heavy atom. The number of rotatable bonds is 2. The van der Waals surface area contributed by atoms with Crippen LogP contribution in [0.2, 0.25) is 5.02 Å². The van der Waals surface area contributed by atoms with E-state index in [4.69, 9.17) is 11.6 Å². The number of hydrogen-bond donors (Lipinski definition) is 1. The summed E-state index contributed by atoms with van der Waals surface area (Å²) in [7, 11) is 0. The standard InChI is InChI=1S/C11H12ClN3/c1-3-10-13-11(15-14-10)8-5-4-7(2)9(12)6-8/h4-6H,3H2,1-2H3,(H,13,14,15). The van der Waals surface area contributed by atoms with E-state index in [-0.39, 0.29) is 0 Å². The Labute approximate surface area is 93.5 Å². The normalized spacial score (nSPS) is 10.6. The molecular weight excluding hydrogens is 210 g/mol. The second-order valence-corrected chi connectivity index (χ2v) is 3.83. The molecule has 1 aromatic carbocycles. The minimum absolute atomic E-state index is 0.703. The minimum Gasteiger partial charge on any atom is -0.263 e. The molecule has 0 spiro atoms. The zero-order chi connectivity index (χ0) is 10.8. The molecule has 1 heterocycles. The SMILES string of the molecule is CCc1nc(-c2ccc(C)c(Cl)c2)n[nH]1. The predicted molar refractivity (Wildman–Crippen MR) is 60.9 cm³/mol. The molecule has 0 amide bonds. The molecule has 78 valence electrons. The zero-order valence-corrected chi connectivity index (χ0v) is 9.47. The molecule has 1 aromatic heterocycles. The third-order valence-electron chi connectivity index (χ3n) is 2.30. The van der Waals surface area contributed by atoms with E-state index in [0.29, 0.717) is 5.82 Å². The number of nitrogens with zero attached hydrogens (tertiary/aromatic N) is 2. The van der Waals surface area contributed by atoms with Gasteiger partial charge in [0.1, 0.15) is 5.82 Å². The lowest BCUT2D eigenvalue weighted by atomic mass is 10.1. The van der Waals surface area contributed by atoms with Gasteiger partial charge in [0.05, 0.1) is 0 Å². The van der Waals surface area contributed by atoms with E-state index in [1.54, 1.807) is 0 Å². The van der Waals surface area contributed by atoms with Gasteiger partial charge in [0, 0.05) is 17.0 Å². The van der Waals surface area contributed by atoms with Crippen LogP contribution in [0.5, 0.6) is 0 Å². The van der Waals surface area contributed by atoms with Crippen molar-refractivity contribution in [3.05, 3.63) is 34.6 Å². The summed E-state index contributed by atoms with van der Waals surface area (Å²) in [6.45, 7) is 4.01. The number of hydrogen-bond acceptors (Lipinski definition) is 2. The average molecular weight is 222 g/mol. The molecule has 0 fully saturated rings. The Balaban J connectivity index is 2.40. The van der Waals surface area contributed by atoms with E-state index >= 15 is 0 Å². The monoisotopic (exact) mass is 221 g/mol. The highest BCUT2D eigenvalue weighted by Gasteiger charge is 2.06. The van der Waals surface area contributed by atoms with Gasteiger partial charge < -0.3 is 0 Å². The fraction of sp³-hybridized carbons (Fsp3) is 0.273. The highest BCUT2D eigenvalue weighted by Crippen LogP contribution is 2.22. The summed E-state index contributed by atoms with van der Waals surface area (Å²) in [5, 5.41) is 7.76. The molecule has 2 rings (SSSR count). The first-order valence-corrected chi connectivity index (χ1v) is 5.26. The summed E-state index contributed by atoms with van der Waals surface area (Å²) < 4.78 is 0. The summed E-state index contributed by atoms with van der Waals surface area (Å²) in [4.78, 5) is 4.34. The maximum Gasteiger partial charge on any atom is 0.181 e. The minimum atomic E-state index is 0.703. The average Bonchev–Trinajstić information content (AvgIpc) is 2.70. The third-order valence-corrected chi connectivity index (χ3v) is 2.70. The highest BCUT2D eigenvalue weighted by molar-refractivity contribution is 6.31. The fourth-order valence-electron chi connectivity index (χ4n) is 1.31. The number of aryl methyl sites for hydroxylation is 2. The molecular formula is C11H12ClN3. The molecule has 0 saturated carbocycles. The van der Waals surface area contributed by atoms with Crippen LogP contribution in [0, 0.1) is 6.92 Å². The zero-order valence-electron chi connectivity index (χ0n) is 8.71. The third kappa shape index (κ3) is 2.02. The van der Waals surface area contributed by atoms with E-state index in [9.17, 15) is 0 Å². The molecule has 0 bridgehead atoms. The van der Waals surface area contributed by atoms with Crippen molar-refractivity contribution in [1.82, 2.24) is 15.2 Å².